The Balaban J connectivity index is 2.30. The topological polar surface area (TPSA) is 74.0 Å². The molecule has 1 aliphatic heterocycles. The standard InChI is InChI=1S/C14H15N3O2/c1-7-3-4-10-8(5-7)12-9(13(18)16-10)6-11(15-2)14(19)17-12/h3-5,11,15H,6H2,1-2H3,(H,16,18)(H,17,19). The molecule has 1 aromatic carbocycles. The highest BCUT2D eigenvalue weighted by Gasteiger charge is 2.28. The second kappa shape index (κ2) is 4.20. The number of amides is 1. The first-order chi connectivity index (χ1) is 9.10. The van der Waals surface area contributed by atoms with E-state index >= 15 is 0 Å². The number of carbonyl (C=O) groups is 1. The molecule has 0 fully saturated rings. The predicted octanol–water partition coefficient (Wildman–Crippen LogP) is 0.919. The molecule has 5 heteroatoms. The van der Waals surface area contributed by atoms with Gasteiger partial charge in [0.2, 0.25) is 5.91 Å². The molecule has 0 saturated heterocycles. The first-order valence-electron chi connectivity index (χ1n) is 6.24. The third-order valence-corrected chi connectivity index (χ3v) is 3.59. The lowest BCUT2D eigenvalue weighted by Crippen LogP contribution is -2.45. The summed E-state index contributed by atoms with van der Waals surface area (Å²) < 4.78 is 0. The number of hydrogen-bond donors (Lipinski definition) is 3. The maximum Gasteiger partial charge on any atom is 0.253 e. The van der Waals surface area contributed by atoms with Gasteiger partial charge in [0.05, 0.1) is 17.2 Å². The average Bonchev–Trinajstić information content (AvgIpc) is 2.39. The van der Waals surface area contributed by atoms with Crippen molar-refractivity contribution in [1.82, 2.24) is 10.3 Å². The van der Waals surface area contributed by atoms with Gasteiger partial charge in [-0.2, -0.15) is 0 Å². The van der Waals surface area contributed by atoms with Crippen molar-refractivity contribution in [2.75, 3.05) is 12.4 Å². The van der Waals surface area contributed by atoms with Crippen molar-refractivity contribution >= 4 is 22.5 Å². The van der Waals surface area contributed by atoms with Gasteiger partial charge in [-0.15, -0.1) is 0 Å². The number of carbonyl (C=O) groups excluding carboxylic acids is 1. The summed E-state index contributed by atoms with van der Waals surface area (Å²) in [7, 11) is 1.72. The van der Waals surface area contributed by atoms with Gasteiger partial charge in [-0.3, -0.25) is 9.59 Å². The molecule has 3 N–H and O–H groups in total. The molecule has 0 bridgehead atoms. The van der Waals surface area contributed by atoms with Gasteiger partial charge < -0.3 is 15.6 Å². The molecule has 19 heavy (non-hydrogen) atoms. The molecule has 98 valence electrons. The minimum absolute atomic E-state index is 0.0941. The van der Waals surface area contributed by atoms with E-state index in [0.717, 1.165) is 16.5 Å². The number of benzene rings is 1. The number of nitrogens with one attached hydrogen (secondary N) is 3. The lowest BCUT2D eigenvalue weighted by atomic mass is 9.97. The molecule has 1 aromatic heterocycles. The molecule has 5 nitrogen and oxygen atoms in total. The van der Waals surface area contributed by atoms with Gasteiger partial charge >= 0.3 is 0 Å². The Labute approximate surface area is 110 Å². The Morgan fingerprint density at radius 2 is 2.11 bits per heavy atom. The van der Waals surface area contributed by atoms with Crippen molar-refractivity contribution in [2.45, 2.75) is 19.4 Å². The minimum Gasteiger partial charge on any atom is -0.324 e. The van der Waals surface area contributed by atoms with E-state index in [-0.39, 0.29) is 17.5 Å². The Morgan fingerprint density at radius 1 is 1.32 bits per heavy atom. The van der Waals surface area contributed by atoms with Crippen molar-refractivity contribution in [3.63, 3.8) is 0 Å². The number of likely N-dealkylation sites (N-methyl/N-ethyl adjacent to an activating group) is 1. The molecule has 0 radical (unpaired) electrons. The molecular formula is C14H15N3O2. The van der Waals surface area contributed by atoms with E-state index in [2.05, 4.69) is 15.6 Å². The maximum absolute atomic E-state index is 12.1. The van der Waals surface area contributed by atoms with Crippen LogP contribution in [0.3, 0.4) is 0 Å². The van der Waals surface area contributed by atoms with Crippen molar-refractivity contribution in [1.29, 1.82) is 0 Å². The lowest BCUT2D eigenvalue weighted by molar-refractivity contribution is -0.118. The van der Waals surface area contributed by atoms with Gasteiger partial charge in [0.15, 0.2) is 0 Å². The molecule has 0 spiro atoms. The van der Waals surface area contributed by atoms with Crippen LogP contribution >= 0.6 is 0 Å². The molecular weight excluding hydrogens is 242 g/mol. The second-order valence-corrected chi connectivity index (χ2v) is 4.89. The predicted molar refractivity (Wildman–Crippen MR) is 74.5 cm³/mol. The van der Waals surface area contributed by atoms with Gasteiger partial charge in [-0.1, -0.05) is 11.6 Å². The monoisotopic (exact) mass is 257 g/mol. The Kier molecular flexibility index (Phi) is 2.64. The summed E-state index contributed by atoms with van der Waals surface area (Å²) in [5, 5.41) is 6.65. The fourth-order valence-electron chi connectivity index (χ4n) is 2.53. The summed E-state index contributed by atoms with van der Waals surface area (Å²) >= 11 is 0. The third kappa shape index (κ3) is 1.82. The normalized spacial score (nSPS) is 18.2. The van der Waals surface area contributed by atoms with Crippen LogP contribution < -0.4 is 16.2 Å². The van der Waals surface area contributed by atoms with Gasteiger partial charge in [-0.05, 0) is 26.1 Å². The molecule has 2 heterocycles. The Bertz CT molecular complexity index is 733. The average molecular weight is 257 g/mol. The molecule has 0 aliphatic carbocycles. The second-order valence-electron chi connectivity index (χ2n) is 4.89. The highest BCUT2D eigenvalue weighted by atomic mass is 16.2. The summed E-state index contributed by atoms with van der Waals surface area (Å²) in [6.45, 7) is 1.98. The van der Waals surface area contributed by atoms with E-state index in [4.69, 9.17) is 0 Å². The van der Waals surface area contributed by atoms with Crippen LogP contribution in [0.4, 0.5) is 5.69 Å². The molecule has 1 amide bonds. The highest BCUT2D eigenvalue weighted by Crippen LogP contribution is 2.28. The Hall–Kier alpha value is -2.14. The first kappa shape index (κ1) is 11.9. The van der Waals surface area contributed by atoms with Gasteiger partial charge in [0.25, 0.3) is 5.56 Å². The van der Waals surface area contributed by atoms with Crippen LogP contribution in [0, 0.1) is 6.92 Å². The zero-order valence-corrected chi connectivity index (χ0v) is 10.8. The van der Waals surface area contributed by atoms with Crippen LogP contribution in [0.5, 0.6) is 0 Å². The SMILES string of the molecule is CNC1Cc2c(c3cc(C)ccc3[nH]c2=O)NC1=O. The van der Waals surface area contributed by atoms with Crippen molar-refractivity contribution < 1.29 is 4.79 Å². The quantitative estimate of drug-likeness (QED) is 0.711. The lowest BCUT2D eigenvalue weighted by Gasteiger charge is -2.24. The maximum atomic E-state index is 12.1. The van der Waals surface area contributed by atoms with E-state index in [0.29, 0.717) is 17.7 Å². The number of H-pyrrole nitrogens is 1. The molecule has 1 unspecified atom stereocenters. The van der Waals surface area contributed by atoms with Crippen LogP contribution in [0.25, 0.3) is 10.9 Å². The van der Waals surface area contributed by atoms with Crippen LogP contribution in [-0.2, 0) is 11.2 Å². The Morgan fingerprint density at radius 3 is 2.84 bits per heavy atom. The minimum atomic E-state index is -0.351. The van der Waals surface area contributed by atoms with Gasteiger partial charge in [0.1, 0.15) is 0 Å². The number of aromatic amines is 1. The van der Waals surface area contributed by atoms with Crippen LogP contribution in [-0.4, -0.2) is 24.0 Å². The largest absolute Gasteiger partial charge is 0.324 e. The summed E-state index contributed by atoms with van der Waals surface area (Å²) in [6, 6.07) is 5.43. The van der Waals surface area contributed by atoms with Crippen molar-refractivity contribution in [3.8, 4) is 0 Å². The van der Waals surface area contributed by atoms with E-state index in [1.807, 2.05) is 25.1 Å². The van der Waals surface area contributed by atoms with Gasteiger partial charge in [0, 0.05) is 17.4 Å². The molecule has 0 saturated carbocycles. The molecule has 1 aliphatic rings. The van der Waals surface area contributed by atoms with E-state index in [1.165, 1.54) is 0 Å². The number of anilines is 1. The number of aromatic nitrogens is 1. The van der Waals surface area contributed by atoms with E-state index < -0.39 is 0 Å². The highest BCUT2D eigenvalue weighted by molar-refractivity contribution is 6.06. The summed E-state index contributed by atoms with van der Waals surface area (Å²) in [5.41, 5.74) is 2.99. The van der Waals surface area contributed by atoms with Crippen molar-refractivity contribution in [3.05, 3.63) is 39.7 Å². The smallest absolute Gasteiger partial charge is 0.253 e. The fourth-order valence-corrected chi connectivity index (χ4v) is 2.53. The number of pyridine rings is 1. The zero-order chi connectivity index (χ0) is 13.6. The zero-order valence-electron chi connectivity index (χ0n) is 10.8. The van der Waals surface area contributed by atoms with Gasteiger partial charge in [-0.25, -0.2) is 0 Å². The van der Waals surface area contributed by atoms with E-state index in [9.17, 15) is 9.59 Å². The summed E-state index contributed by atoms with van der Waals surface area (Å²) in [5.74, 6) is -0.0941. The third-order valence-electron chi connectivity index (χ3n) is 3.59. The number of fused-ring (bicyclic) bond motifs is 3. The molecule has 3 rings (SSSR count). The first-order valence-corrected chi connectivity index (χ1v) is 6.24. The molecule has 1 atom stereocenters. The summed E-state index contributed by atoms with van der Waals surface area (Å²) in [4.78, 5) is 26.9. The van der Waals surface area contributed by atoms with Crippen LogP contribution in [0.15, 0.2) is 23.0 Å². The molecule has 2 aromatic rings. The summed E-state index contributed by atoms with van der Waals surface area (Å²) in [6.07, 6.45) is 0.414. The number of aryl methyl sites for hydroxylation is 1. The fraction of sp³-hybridized carbons (Fsp3) is 0.286. The van der Waals surface area contributed by atoms with Crippen molar-refractivity contribution in [2.24, 2.45) is 0 Å². The van der Waals surface area contributed by atoms with E-state index in [1.54, 1.807) is 7.05 Å². The van der Waals surface area contributed by atoms with Crippen LogP contribution in [0.1, 0.15) is 11.1 Å². The number of rotatable bonds is 1. The van der Waals surface area contributed by atoms with Crippen LogP contribution in [0.2, 0.25) is 0 Å². The number of hydrogen-bond acceptors (Lipinski definition) is 3.